The van der Waals surface area contributed by atoms with E-state index in [9.17, 15) is 0 Å². The van der Waals surface area contributed by atoms with E-state index >= 15 is 0 Å². The summed E-state index contributed by atoms with van der Waals surface area (Å²) >= 11 is 0. The van der Waals surface area contributed by atoms with Gasteiger partial charge in [-0.05, 0) is 47.4 Å². The van der Waals surface area contributed by atoms with Gasteiger partial charge in [0.15, 0.2) is 11.5 Å². The van der Waals surface area contributed by atoms with Gasteiger partial charge in [-0.3, -0.25) is 0 Å². The Morgan fingerprint density at radius 2 is 1.90 bits per heavy atom. The quantitative estimate of drug-likeness (QED) is 0.751. The third kappa shape index (κ3) is 1.81. The Balaban J connectivity index is 1.66. The largest absolute Gasteiger partial charge is 0.493 e. The fraction of sp³-hybridized carbons (Fsp3) is 0.692. The molecule has 1 spiro atoms. The lowest BCUT2D eigenvalue weighted by Crippen LogP contribution is -2.76. The van der Waals surface area contributed by atoms with Crippen molar-refractivity contribution in [3.05, 3.63) is 34.4 Å². The molecule has 4 heteroatoms. The molecule has 1 aromatic carbocycles. The standard InChI is InChI=1S/C26H35NO3/c1-23(2,3)24(4,5)21-15-13-26(21,29-7)22-25-10-11-27-16(19(15)25)12-14-8-9-17(28-6)20(30-22)18(14)25/h8-9,16,21-22,27H,10-13H2,1-7H3/t16?,21-,22?,25?,26-/m1/s1. The summed E-state index contributed by atoms with van der Waals surface area (Å²) in [6, 6.07) is 4.78. The summed E-state index contributed by atoms with van der Waals surface area (Å²) in [5, 5.41) is 3.87. The van der Waals surface area contributed by atoms with Gasteiger partial charge in [-0.25, -0.2) is 0 Å². The Labute approximate surface area is 180 Å². The van der Waals surface area contributed by atoms with Crippen LogP contribution in [0.5, 0.6) is 11.5 Å². The second-order valence-electron chi connectivity index (χ2n) is 11.7. The molecule has 162 valence electrons. The molecule has 0 aromatic heterocycles. The maximum absolute atomic E-state index is 6.97. The second kappa shape index (κ2) is 5.45. The van der Waals surface area contributed by atoms with Crippen molar-refractivity contribution < 1.29 is 14.2 Å². The van der Waals surface area contributed by atoms with Crippen molar-refractivity contribution in [2.45, 2.75) is 77.0 Å². The predicted molar refractivity (Wildman–Crippen MR) is 117 cm³/mol. The van der Waals surface area contributed by atoms with Gasteiger partial charge in [0.05, 0.1) is 12.5 Å². The summed E-state index contributed by atoms with van der Waals surface area (Å²) in [6.45, 7) is 13.0. The zero-order chi connectivity index (χ0) is 21.3. The molecule has 5 atom stereocenters. The van der Waals surface area contributed by atoms with Crippen LogP contribution >= 0.6 is 0 Å². The number of hydrogen-bond acceptors (Lipinski definition) is 4. The van der Waals surface area contributed by atoms with Gasteiger partial charge in [-0.1, -0.05) is 46.3 Å². The number of benzene rings is 1. The Kier molecular flexibility index (Phi) is 3.48. The zero-order valence-corrected chi connectivity index (χ0v) is 19.4. The van der Waals surface area contributed by atoms with Crippen LogP contribution in [0.2, 0.25) is 0 Å². The second-order valence-corrected chi connectivity index (χ2v) is 11.7. The van der Waals surface area contributed by atoms with Gasteiger partial charge in [0.1, 0.15) is 11.7 Å². The molecule has 0 amide bonds. The van der Waals surface area contributed by atoms with E-state index in [1.165, 1.54) is 11.1 Å². The molecular formula is C26H35NO3. The summed E-state index contributed by atoms with van der Waals surface area (Å²) in [5.74, 6) is 2.22. The van der Waals surface area contributed by atoms with Crippen LogP contribution in [0.4, 0.5) is 0 Å². The molecule has 4 nitrogen and oxygen atoms in total. The van der Waals surface area contributed by atoms with Crippen LogP contribution in [0.15, 0.2) is 23.3 Å². The van der Waals surface area contributed by atoms with E-state index in [0.29, 0.717) is 12.0 Å². The molecule has 1 N–H and O–H groups in total. The summed E-state index contributed by atoms with van der Waals surface area (Å²) < 4.78 is 19.3. The SMILES string of the molecule is COc1ccc2c3c1OC1C34CCNC(C2)C4=C2C[C@@]1(OC)[C@H]2C(C)(C)C(C)(C)C. The summed E-state index contributed by atoms with van der Waals surface area (Å²) in [5.41, 5.74) is 6.03. The third-order valence-electron chi connectivity index (χ3n) is 9.85. The average Bonchev–Trinajstić information content (AvgIpc) is 3.00. The molecule has 7 rings (SSSR count). The first kappa shape index (κ1) is 19.2. The molecular weight excluding hydrogens is 374 g/mol. The van der Waals surface area contributed by atoms with Gasteiger partial charge >= 0.3 is 0 Å². The van der Waals surface area contributed by atoms with Gasteiger partial charge in [0.25, 0.3) is 0 Å². The lowest BCUT2D eigenvalue weighted by molar-refractivity contribution is -0.218. The first-order chi connectivity index (χ1) is 14.1. The Bertz CT molecular complexity index is 987. The maximum Gasteiger partial charge on any atom is 0.166 e. The van der Waals surface area contributed by atoms with E-state index in [0.717, 1.165) is 37.3 Å². The van der Waals surface area contributed by atoms with Crippen molar-refractivity contribution in [3.8, 4) is 11.5 Å². The van der Waals surface area contributed by atoms with E-state index in [4.69, 9.17) is 14.2 Å². The van der Waals surface area contributed by atoms with E-state index in [1.54, 1.807) is 18.3 Å². The third-order valence-corrected chi connectivity index (χ3v) is 9.85. The number of piperidine rings is 1. The monoisotopic (exact) mass is 409 g/mol. The number of hydrogen-bond donors (Lipinski definition) is 1. The van der Waals surface area contributed by atoms with E-state index < -0.39 is 0 Å². The van der Waals surface area contributed by atoms with Crippen LogP contribution in [0.3, 0.4) is 0 Å². The maximum atomic E-state index is 6.97. The molecule has 2 fully saturated rings. The zero-order valence-electron chi connectivity index (χ0n) is 19.4. The van der Waals surface area contributed by atoms with Gasteiger partial charge in [-0.15, -0.1) is 0 Å². The highest BCUT2D eigenvalue weighted by Crippen LogP contribution is 2.74. The molecule has 3 unspecified atom stereocenters. The Morgan fingerprint density at radius 1 is 1.13 bits per heavy atom. The lowest BCUT2D eigenvalue weighted by atomic mass is 9.37. The van der Waals surface area contributed by atoms with Crippen LogP contribution in [0, 0.1) is 16.7 Å². The Morgan fingerprint density at radius 3 is 2.57 bits per heavy atom. The minimum absolute atomic E-state index is 0.0177. The number of ether oxygens (including phenoxy) is 3. The van der Waals surface area contributed by atoms with Crippen LogP contribution in [-0.2, 0) is 16.6 Å². The fourth-order valence-corrected chi connectivity index (χ4v) is 7.77. The summed E-state index contributed by atoms with van der Waals surface area (Å²) in [7, 11) is 3.67. The van der Waals surface area contributed by atoms with Crippen molar-refractivity contribution >= 4 is 0 Å². The molecule has 2 aliphatic heterocycles. The highest BCUT2D eigenvalue weighted by atomic mass is 16.6. The van der Waals surface area contributed by atoms with Gasteiger partial charge in [0.2, 0.25) is 0 Å². The summed E-state index contributed by atoms with van der Waals surface area (Å²) in [4.78, 5) is 0. The fourth-order valence-electron chi connectivity index (χ4n) is 7.77. The molecule has 0 radical (unpaired) electrons. The molecule has 1 saturated carbocycles. The first-order valence-electron chi connectivity index (χ1n) is 11.5. The highest BCUT2D eigenvalue weighted by molar-refractivity contribution is 5.70. The van der Waals surface area contributed by atoms with Crippen molar-refractivity contribution in [2.24, 2.45) is 16.7 Å². The van der Waals surface area contributed by atoms with E-state index in [-0.39, 0.29) is 27.9 Å². The van der Waals surface area contributed by atoms with Crippen LogP contribution < -0.4 is 14.8 Å². The Hall–Kier alpha value is -1.52. The van der Waals surface area contributed by atoms with Crippen LogP contribution in [0.1, 0.15) is 58.6 Å². The van der Waals surface area contributed by atoms with Crippen molar-refractivity contribution in [1.29, 1.82) is 0 Å². The van der Waals surface area contributed by atoms with Crippen molar-refractivity contribution in [1.82, 2.24) is 5.32 Å². The number of nitrogens with one attached hydrogen (secondary N) is 1. The molecule has 4 bridgehead atoms. The molecule has 2 heterocycles. The average molecular weight is 410 g/mol. The lowest BCUT2D eigenvalue weighted by Gasteiger charge is -2.70. The minimum Gasteiger partial charge on any atom is -0.493 e. The minimum atomic E-state index is -0.282. The number of rotatable bonds is 3. The van der Waals surface area contributed by atoms with E-state index in [1.807, 2.05) is 7.11 Å². The van der Waals surface area contributed by atoms with Crippen molar-refractivity contribution in [3.63, 3.8) is 0 Å². The molecule has 1 aromatic rings. The smallest absolute Gasteiger partial charge is 0.166 e. The highest BCUT2D eigenvalue weighted by Gasteiger charge is 2.77. The van der Waals surface area contributed by atoms with Crippen LogP contribution in [-0.4, -0.2) is 38.5 Å². The first-order valence-corrected chi connectivity index (χ1v) is 11.5. The van der Waals surface area contributed by atoms with E-state index in [2.05, 4.69) is 52.1 Å². The topological polar surface area (TPSA) is 39.7 Å². The van der Waals surface area contributed by atoms with Gasteiger partial charge in [0, 0.05) is 31.1 Å². The summed E-state index contributed by atoms with van der Waals surface area (Å²) in [6.07, 6.45) is 3.14. The molecule has 1 saturated heterocycles. The molecule has 4 aliphatic carbocycles. The van der Waals surface area contributed by atoms with Gasteiger partial charge < -0.3 is 19.5 Å². The normalized spacial score (nSPS) is 38.0. The van der Waals surface area contributed by atoms with Crippen molar-refractivity contribution in [2.75, 3.05) is 20.8 Å². The predicted octanol–water partition coefficient (Wildman–Crippen LogP) is 4.40. The molecule has 30 heavy (non-hydrogen) atoms. The van der Waals surface area contributed by atoms with Crippen LogP contribution in [0.25, 0.3) is 0 Å². The number of methoxy groups -OCH3 is 2. The van der Waals surface area contributed by atoms with Gasteiger partial charge in [-0.2, -0.15) is 0 Å². The molecule has 6 aliphatic rings.